The first-order valence-electron chi connectivity index (χ1n) is 10.2. The van der Waals surface area contributed by atoms with Crippen LogP contribution in [-0.2, 0) is 23.7 Å². The fourth-order valence-electron chi connectivity index (χ4n) is 4.18. The summed E-state index contributed by atoms with van der Waals surface area (Å²) in [6, 6.07) is -1.82. The lowest BCUT2D eigenvalue weighted by atomic mass is 9.91. The summed E-state index contributed by atoms with van der Waals surface area (Å²) in [7, 11) is 2.82. The number of rotatable bonds is 5. The molecular formula is C19H29N7O6. The Bertz CT molecular complexity index is 1160. The number of aliphatic hydroxyl groups is 2. The smallest absolute Gasteiger partial charge is 0.332 e. The van der Waals surface area contributed by atoms with Crippen LogP contribution in [0.15, 0.2) is 15.9 Å². The van der Waals surface area contributed by atoms with E-state index in [1.165, 1.54) is 41.4 Å². The van der Waals surface area contributed by atoms with Crippen molar-refractivity contribution in [2.45, 2.75) is 50.0 Å². The molecule has 2 aromatic rings. The van der Waals surface area contributed by atoms with Crippen molar-refractivity contribution in [3.05, 3.63) is 27.2 Å². The first-order chi connectivity index (χ1) is 14.8. The second-order valence-electron chi connectivity index (χ2n) is 8.61. The van der Waals surface area contributed by atoms with E-state index in [0.717, 1.165) is 4.57 Å². The van der Waals surface area contributed by atoms with Gasteiger partial charge in [0, 0.05) is 40.0 Å². The van der Waals surface area contributed by atoms with Crippen LogP contribution in [0.2, 0.25) is 0 Å². The standard InChI is InChI=1S/C19H29N7O6/c1-19(32)6-10(27)7-25(13(28)5-4-11(20)15(21)29)8-12(19)26-9-22-16-14(26)17(30)24(3)18(31)23(16)2/h9-12,27,32H,4-8,20H2,1-3H3,(H2,21,29)/t10-,11-,12+,19+/m0/s1. The van der Waals surface area contributed by atoms with Crippen LogP contribution in [0.25, 0.3) is 11.2 Å². The van der Waals surface area contributed by atoms with Gasteiger partial charge in [0.2, 0.25) is 11.8 Å². The molecule has 0 aromatic carbocycles. The normalized spacial score (nSPS) is 25.0. The Morgan fingerprint density at radius 3 is 2.56 bits per heavy atom. The van der Waals surface area contributed by atoms with Crippen molar-refractivity contribution in [2.75, 3.05) is 13.1 Å². The zero-order valence-electron chi connectivity index (χ0n) is 18.3. The maximum atomic E-state index is 12.9. The second-order valence-corrected chi connectivity index (χ2v) is 8.61. The van der Waals surface area contributed by atoms with E-state index in [1.54, 1.807) is 0 Å². The number of likely N-dealkylation sites (tertiary alicyclic amines) is 1. The summed E-state index contributed by atoms with van der Waals surface area (Å²) in [5.74, 6) is -1.10. The molecular weight excluding hydrogens is 422 g/mol. The van der Waals surface area contributed by atoms with E-state index in [-0.39, 0.29) is 49.4 Å². The number of amides is 2. The second kappa shape index (κ2) is 8.48. The van der Waals surface area contributed by atoms with Crippen molar-refractivity contribution < 1.29 is 19.8 Å². The topological polar surface area (TPSA) is 192 Å². The van der Waals surface area contributed by atoms with Gasteiger partial charge in [-0.25, -0.2) is 9.78 Å². The van der Waals surface area contributed by atoms with Gasteiger partial charge in [-0.05, 0) is 13.3 Å². The summed E-state index contributed by atoms with van der Waals surface area (Å²) in [6.07, 6.45) is 0.221. The largest absolute Gasteiger partial charge is 0.391 e. The third-order valence-corrected chi connectivity index (χ3v) is 6.09. The highest BCUT2D eigenvalue weighted by atomic mass is 16.3. The highest BCUT2D eigenvalue weighted by Gasteiger charge is 2.42. The molecule has 6 N–H and O–H groups in total. The minimum Gasteiger partial charge on any atom is -0.391 e. The molecule has 0 unspecified atom stereocenters. The van der Waals surface area contributed by atoms with Crippen LogP contribution in [0.4, 0.5) is 0 Å². The van der Waals surface area contributed by atoms with E-state index in [4.69, 9.17) is 11.5 Å². The van der Waals surface area contributed by atoms with Crippen molar-refractivity contribution in [1.29, 1.82) is 0 Å². The van der Waals surface area contributed by atoms with Gasteiger partial charge in [-0.3, -0.25) is 23.5 Å². The zero-order valence-corrected chi connectivity index (χ0v) is 18.3. The van der Waals surface area contributed by atoms with Gasteiger partial charge < -0.3 is 31.1 Å². The molecule has 3 rings (SSSR count). The fourth-order valence-corrected chi connectivity index (χ4v) is 4.18. The SMILES string of the molecule is Cn1c(=O)c2c(ncn2[C@@H]2CN(C(=O)CC[C@H](N)C(N)=O)C[C@@H](O)C[C@@]2(C)O)n(C)c1=O. The van der Waals surface area contributed by atoms with E-state index in [2.05, 4.69) is 4.98 Å². The Kier molecular flexibility index (Phi) is 6.26. The number of aromatic nitrogens is 4. The number of carbonyl (C=O) groups excluding carboxylic acids is 2. The van der Waals surface area contributed by atoms with Gasteiger partial charge >= 0.3 is 5.69 Å². The number of hydrogen-bond donors (Lipinski definition) is 4. The highest BCUT2D eigenvalue weighted by molar-refractivity contribution is 5.81. The number of aryl methyl sites for hydroxylation is 1. The van der Waals surface area contributed by atoms with Crippen LogP contribution in [0.1, 0.15) is 32.2 Å². The van der Waals surface area contributed by atoms with Gasteiger partial charge in [0.25, 0.3) is 5.56 Å². The van der Waals surface area contributed by atoms with E-state index < -0.39 is 40.9 Å². The first kappa shape index (κ1) is 23.6. The van der Waals surface area contributed by atoms with Gasteiger partial charge in [-0.2, -0.15) is 0 Å². The maximum Gasteiger partial charge on any atom is 0.332 e. The number of hydrogen-bond acceptors (Lipinski definition) is 8. The van der Waals surface area contributed by atoms with Gasteiger partial charge in [0.1, 0.15) is 0 Å². The molecule has 0 saturated carbocycles. The molecule has 0 radical (unpaired) electrons. The van der Waals surface area contributed by atoms with Crippen molar-refractivity contribution in [3.63, 3.8) is 0 Å². The van der Waals surface area contributed by atoms with Crippen LogP contribution in [-0.4, -0.2) is 76.4 Å². The predicted octanol–water partition coefficient (Wildman–Crippen LogP) is -3.09. The molecule has 1 fully saturated rings. The molecule has 1 saturated heterocycles. The van der Waals surface area contributed by atoms with Crippen molar-refractivity contribution in [1.82, 2.24) is 23.6 Å². The lowest BCUT2D eigenvalue weighted by molar-refractivity contribution is -0.133. The van der Waals surface area contributed by atoms with Gasteiger partial charge in [-0.1, -0.05) is 0 Å². The molecule has 0 aliphatic carbocycles. The summed E-state index contributed by atoms with van der Waals surface area (Å²) < 4.78 is 3.61. The Morgan fingerprint density at radius 1 is 1.28 bits per heavy atom. The fraction of sp³-hybridized carbons (Fsp3) is 0.632. The molecule has 0 bridgehead atoms. The number of primary amides is 1. The number of aliphatic hydroxyl groups excluding tert-OH is 1. The number of carbonyl (C=O) groups is 2. The van der Waals surface area contributed by atoms with Crippen molar-refractivity contribution in [2.24, 2.45) is 25.6 Å². The van der Waals surface area contributed by atoms with E-state index in [1.807, 2.05) is 0 Å². The molecule has 2 aromatic heterocycles. The number of fused-ring (bicyclic) bond motifs is 1. The van der Waals surface area contributed by atoms with Gasteiger partial charge in [0.05, 0.1) is 30.1 Å². The predicted molar refractivity (Wildman–Crippen MR) is 113 cm³/mol. The Labute approximate surface area is 182 Å². The molecule has 1 aliphatic heterocycles. The molecule has 1 aliphatic rings. The van der Waals surface area contributed by atoms with Crippen LogP contribution < -0.4 is 22.7 Å². The number of β-amino-alcohol motifs (C(OH)–C–C–N with tert-alkyl or cyclic N) is 1. The zero-order chi connectivity index (χ0) is 24.0. The molecule has 2 amide bonds. The van der Waals surface area contributed by atoms with Crippen LogP contribution in [0, 0.1) is 0 Å². The van der Waals surface area contributed by atoms with Crippen molar-refractivity contribution >= 4 is 23.0 Å². The summed E-state index contributed by atoms with van der Waals surface area (Å²) in [5, 5.41) is 21.6. The maximum absolute atomic E-state index is 12.9. The first-order valence-corrected chi connectivity index (χ1v) is 10.2. The quantitative estimate of drug-likeness (QED) is 0.367. The van der Waals surface area contributed by atoms with E-state index in [9.17, 15) is 29.4 Å². The Balaban J connectivity index is 2.03. The third-order valence-electron chi connectivity index (χ3n) is 6.09. The summed E-state index contributed by atoms with van der Waals surface area (Å²) >= 11 is 0. The Morgan fingerprint density at radius 2 is 1.94 bits per heavy atom. The lowest BCUT2D eigenvalue weighted by Crippen LogP contribution is -2.44. The van der Waals surface area contributed by atoms with E-state index >= 15 is 0 Å². The monoisotopic (exact) mass is 451 g/mol. The van der Waals surface area contributed by atoms with Crippen LogP contribution >= 0.6 is 0 Å². The van der Waals surface area contributed by atoms with Gasteiger partial charge in [-0.15, -0.1) is 0 Å². The van der Waals surface area contributed by atoms with Crippen LogP contribution in [0.5, 0.6) is 0 Å². The molecule has 4 atom stereocenters. The molecule has 13 nitrogen and oxygen atoms in total. The Hall–Kier alpha value is -3.03. The summed E-state index contributed by atoms with van der Waals surface area (Å²) in [4.78, 5) is 54.6. The van der Waals surface area contributed by atoms with E-state index in [0.29, 0.717) is 0 Å². The average molecular weight is 451 g/mol. The number of imidazole rings is 1. The van der Waals surface area contributed by atoms with Crippen LogP contribution in [0.3, 0.4) is 0 Å². The summed E-state index contributed by atoms with van der Waals surface area (Å²) in [6.45, 7) is 1.43. The average Bonchev–Trinajstić information content (AvgIpc) is 3.10. The highest BCUT2D eigenvalue weighted by Crippen LogP contribution is 2.33. The molecule has 13 heteroatoms. The minimum absolute atomic E-state index is 0.0356. The van der Waals surface area contributed by atoms with Crippen molar-refractivity contribution in [3.8, 4) is 0 Å². The molecule has 0 spiro atoms. The lowest BCUT2D eigenvalue weighted by Gasteiger charge is -2.34. The summed E-state index contributed by atoms with van der Waals surface area (Å²) in [5.41, 5.74) is 8.35. The molecule has 3 heterocycles. The minimum atomic E-state index is -1.51. The molecule has 176 valence electrons. The number of nitrogens with two attached hydrogens (primary N) is 2. The number of nitrogens with zero attached hydrogens (tertiary/aromatic N) is 5. The van der Waals surface area contributed by atoms with Gasteiger partial charge in [0.15, 0.2) is 11.2 Å². The molecule has 32 heavy (non-hydrogen) atoms. The third kappa shape index (κ3) is 4.18.